The number of hydrogen-bond acceptors (Lipinski definition) is 7. The van der Waals surface area contributed by atoms with Crippen LogP contribution in [-0.2, 0) is 13.1 Å². The van der Waals surface area contributed by atoms with Crippen LogP contribution in [0.5, 0.6) is 0 Å². The average Bonchev–Trinajstić information content (AvgIpc) is 3.77. The molecule has 0 saturated carbocycles. The van der Waals surface area contributed by atoms with E-state index in [-0.39, 0.29) is 17.7 Å². The third-order valence-corrected chi connectivity index (χ3v) is 12.0. The van der Waals surface area contributed by atoms with Gasteiger partial charge in [-0.05, 0) is 101 Å². The molecule has 5 aromatic rings. The summed E-state index contributed by atoms with van der Waals surface area (Å²) in [6, 6.07) is 19.0. The second-order valence-electron chi connectivity index (χ2n) is 16.4. The van der Waals surface area contributed by atoms with Crippen molar-refractivity contribution in [3.63, 3.8) is 0 Å². The molecule has 12 heteroatoms. The fourth-order valence-electron chi connectivity index (χ4n) is 8.23. The van der Waals surface area contributed by atoms with Crippen LogP contribution in [0.1, 0.15) is 119 Å². The van der Waals surface area contributed by atoms with Gasteiger partial charge in [-0.2, -0.15) is 0 Å². The largest absolute Gasteiger partial charge is 0.385 e. The number of imidazole rings is 1. The molecule has 0 unspecified atom stereocenters. The van der Waals surface area contributed by atoms with E-state index in [0.29, 0.717) is 40.7 Å². The standard InChI is InChI=1S/C51H64N8O4/c1-5-8-33-59-50(62)42-22-18-21-41-46(26-24-44(48(41)42)51(59)63)54-29-12-10-15-31-57-34-35-58(38-57)32-16-13-27-52-37-56(7-3)30-14-9-11-28-53-45-25-23-43(49(61)55(4)6-2)47-39(36-60)19-17-20-40(45)47/h7,17-26,34-38H,3,5-6,8-16,27-33H2,1-2,4H3,(H-,53,54,60,61,62,63)/p+1/b52-37+. The quantitative estimate of drug-likeness (QED) is 0.0135. The number of aryl methyl sites for hydroxylation is 2. The highest BCUT2D eigenvalue weighted by atomic mass is 16.2. The van der Waals surface area contributed by atoms with Crippen LogP contribution < -0.4 is 15.2 Å². The van der Waals surface area contributed by atoms with Crippen LogP contribution in [0.3, 0.4) is 0 Å². The van der Waals surface area contributed by atoms with Crippen molar-refractivity contribution in [1.82, 2.24) is 19.3 Å². The Hall–Kier alpha value is -6.30. The van der Waals surface area contributed by atoms with Gasteiger partial charge in [-0.1, -0.05) is 50.3 Å². The number of carbonyl (C=O) groups is 4. The number of anilines is 2. The number of aliphatic imine (C=N–C) groups is 1. The van der Waals surface area contributed by atoms with E-state index in [9.17, 15) is 19.2 Å². The zero-order valence-electron chi connectivity index (χ0n) is 37.5. The Balaban J connectivity index is 0.831. The molecule has 1 aliphatic heterocycles. The van der Waals surface area contributed by atoms with Gasteiger partial charge in [-0.15, -0.1) is 0 Å². The normalized spacial score (nSPS) is 12.4. The predicted molar refractivity (Wildman–Crippen MR) is 255 cm³/mol. The number of carbonyl (C=O) groups excluding carboxylic acids is 4. The smallest absolute Gasteiger partial charge is 0.261 e. The van der Waals surface area contributed by atoms with Gasteiger partial charge < -0.3 is 20.4 Å². The summed E-state index contributed by atoms with van der Waals surface area (Å²) < 4.78 is 4.51. The lowest BCUT2D eigenvalue weighted by Gasteiger charge is -2.27. The SMILES string of the molecule is C=CN(/C=N/CCCC[n+]1ccn(CCCCCNc2ccc3c4c(cccc24)C(=O)N(CCCC)C3=O)c1)CCCCCNc1ccc(C(=O)N(C)CC)c2c(C=O)cccc12. The first-order valence-corrected chi connectivity index (χ1v) is 22.9. The summed E-state index contributed by atoms with van der Waals surface area (Å²) in [6.45, 7) is 14.2. The molecule has 0 aliphatic carbocycles. The molecule has 0 atom stereocenters. The molecule has 1 aromatic heterocycles. The molecule has 12 nitrogen and oxygen atoms in total. The van der Waals surface area contributed by atoms with E-state index in [1.807, 2.05) is 74.1 Å². The van der Waals surface area contributed by atoms with Gasteiger partial charge in [0.25, 0.3) is 17.7 Å². The number of hydrogen-bond donors (Lipinski definition) is 2. The van der Waals surface area contributed by atoms with Crippen molar-refractivity contribution in [2.24, 2.45) is 4.99 Å². The Morgan fingerprint density at radius 2 is 1.49 bits per heavy atom. The van der Waals surface area contributed by atoms with E-state index < -0.39 is 0 Å². The Morgan fingerprint density at radius 1 is 0.794 bits per heavy atom. The Kier molecular flexibility index (Phi) is 17.0. The van der Waals surface area contributed by atoms with Crippen LogP contribution in [0, 0.1) is 0 Å². The first-order valence-electron chi connectivity index (χ1n) is 22.9. The number of unbranched alkanes of at least 4 members (excludes halogenated alkanes) is 6. The second-order valence-corrected chi connectivity index (χ2v) is 16.4. The molecule has 63 heavy (non-hydrogen) atoms. The van der Waals surface area contributed by atoms with Crippen molar-refractivity contribution < 1.29 is 23.7 Å². The molecule has 1 aliphatic rings. The van der Waals surface area contributed by atoms with Gasteiger partial charge in [-0.25, -0.2) is 9.13 Å². The molecule has 2 N–H and O–H groups in total. The van der Waals surface area contributed by atoms with Crippen molar-refractivity contribution in [3.05, 3.63) is 114 Å². The van der Waals surface area contributed by atoms with E-state index in [2.05, 4.69) is 61.9 Å². The summed E-state index contributed by atoms with van der Waals surface area (Å²) in [5.41, 5.74) is 4.19. The van der Waals surface area contributed by atoms with Crippen LogP contribution in [0.2, 0.25) is 0 Å². The summed E-state index contributed by atoms with van der Waals surface area (Å²) in [7, 11) is 1.77. The lowest BCUT2D eigenvalue weighted by Crippen LogP contribution is -2.40. The number of amides is 3. The van der Waals surface area contributed by atoms with E-state index in [4.69, 9.17) is 0 Å². The lowest BCUT2D eigenvalue weighted by atomic mass is 9.93. The summed E-state index contributed by atoms with van der Waals surface area (Å²) >= 11 is 0. The minimum absolute atomic E-state index is 0.0896. The minimum atomic E-state index is -0.191. The molecule has 332 valence electrons. The van der Waals surface area contributed by atoms with E-state index >= 15 is 0 Å². The summed E-state index contributed by atoms with van der Waals surface area (Å²) in [6.07, 6.45) is 21.1. The summed E-state index contributed by atoms with van der Waals surface area (Å²) in [5.74, 6) is -0.471. The van der Waals surface area contributed by atoms with Crippen LogP contribution in [0.25, 0.3) is 21.5 Å². The molecule has 0 radical (unpaired) electrons. The molecule has 0 bridgehead atoms. The number of nitrogens with one attached hydrogen (secondary N) is 2. The topological polar surface area (TPSA) is 123 Å². The zero-order valence-corrected chi connectivity index (χ0v) is 37.5. The maximum atomic E-state index is 13.2. The molecular weight excluding hydrogens is 789 g/mol. The molecule has 3 amide bonds. The van der Waals surface area contributed by atoms with Gasteiger partial charge in [0.1, 0.15) is 12.4 Å². The number of nitrogens with zero attached hydrogens (tertiary/aromatic N) is 6. The predicted octanol–water partition coefficient (Wildman–Crippen LogP) is 9.20. The van der Waals surface area contributed by atoms with Crippen molar-refractivity contribution in [3.8, 4) is 0 Å². The first-order chi connectivity index (χ1) is 30.8. The molecule has 4 aromatic carbocycles. The third-order valence-electron chi connectivity index (χ3n) is 12.0. The summed E-state index contributed by atoms with van der Waals surface area (Å²) in [5, 5.41) is 10.4. The molecular formula is C51H65N8O4+. The highest BCUT2D eigenvalue weighted by Crippen LogP contribution is 2.35. The van der Waals surface area contributed by atoms with Gasteiger partial charge in [0.15, 0.2) is 6.29 Å². The number of imide groups is 1. The van der Waals surface area contributed by atoms with Crippen molar-refractivity contribution in [2.45, 2.75) is 91.1 Å². The Bertz CT molecular complexity index is 2380. The number of aromatic nitrogens is 2. The van der Waals surface area contributed by atoms with Crippen molar-refractivity contribution in [1.29, 1.82) is 0 Å². The molecule has 0 spiro atoms. The minimum Gasteiger partial charge on any atom is -0.385 e. The van der Waals surface area contributed by atoms with Crippen molar-refractivity contribution in [2.75, 3.05) is 56.9 Å². The molecule has 0 saturated heterocycles. The Morgan fingerprint density at radius 3 is 2.21 bits per heavy atom. The monoisotopic (exact) mass is 854 g/mol. The van der Waals surface area contributed by atoms with Crippen molar-refractivity contribution >= 4 is 63.3 Å². The van der Waals surface area contributed by atoms with Crippen LogP contribution in [0.15, 0.2) is 97.2 Å². The maximum Gasteiger partial charge on any atom is 0.261 e. The number of rotatable bonds is 27. The van der Waals surface area contributed by atoms with Gasteiger partial charge in [-0.3, -0.25) is 29.1 Å². The molecule has 2 heterocycles. The second kappa shape index (κ2) is 23.2. The fraction of sp³-hybridized carbons (Fsp3) is 0.412. The van der Waals surface area contributed by atoms with E-state index in [1.165, 1.54) is 4.90 Å². The number of benzene rings is 4. The lowest BCUT2D eigenvalue weighted by molar-refractivity contribution is -0.696. The van der Waals surface area contributed by atoms with Crippen LogP contribution in [-0.4, -0.2) is 95.9 Å². The van der Waals surface area contributed by atoms with Gasteiger partial charge in [0, 0.05) is 101 Å². The van der Waals surface area contributed by atoms with Gasteiger partial charge in [0.2, 0.25) is 6.33 Å². The van der Waals surface area contributed by atoms with Gasteiger partial charge in [0.05, 0.1) is 19.4 Å². The number of aldehydes is 1. The summed E-state index contributed by atoms with van der Waals surface area (Å²) in [4.78, 5) is 61.1. The highest BCUT2D eigenvalue weighted by Gasteiger charge is 2.32. The maximum absolute atomic E-state index is 13.2. The van der Waals surface area contributed by atoms with Gasteiger partial charge >= 0.3 is 0 Å². The molecule has 6 rings (SSSR count). The molecule has 0 fully saturated rings. The van der Waals surface area contributed by atoms with Crippen LogP contribution >= 0.6 is 0 Å². The highest BCUT2D eigenvalue weighted by molar-refractivity contribution is 6.26. The zero-order chi connectivity index (χ0) is 44.6. The fourth-order valence-corrected chi connectivity index (χ4v) is 8.23. The van der Waals surface area contributed by atoms with E-state index in [1.54, 1.807) is 18.0 Å². The first kappa shape index (κ1) is 46.2. The Labute approximate surface area is 372 Å². The number of fused-ring (bicyclic) bond motifs is 1. The average molecular weight is 854 g/mol. The van der Waals surface area contributed by atoms with Crippen LogP contribution in [0.4, 0.5) is 11.4 Å². The van der Waals surface area contributed by atoms with E-state index in [0.717, 1.165) is 137 Å². The third kappa shape index (κ3) is 11.6.